The number of rotatable bonds is 12. The molecule has 0 aromatic heterocycles. The van der Waals surface area contributed by atoms with Crippen LogP contribution in [0.2, 0.25) is 0 Å². The van der Waals surface area contributed by atoms with Crippen molar-refractivity contribution >= 4 is 17.5 Å². The Morgan fingerprint density at radius 3 is 1.23 bits per heavy atom. The van der Waals surface area contributed by atoms with Crippen LogP contribution in [0.5, 0.6) is 0 Å². The molecule has 0 bridgehead atoms. The molecule has 0 heterocycles. The SMILES string of the molecule is CCC(=NC(C)(C)C)[N-]C(C)CN(C)C.CCC(=NC(C)(C)C)[N-]CC(C)N(C)C.CCC(=NC(C)(C)C)[N-]CCN(C)C.[Co].[Co].[Co]. The van der Waals surface area contributed by atoms with Crippen molar-refractivity contribution in [2.24, 2.45) is 15.0 Å². The van der Waals surface area contributed by atoms with E-state index in [0.29, 0.717) is 12.1 Å². The minimum absolute atomic E-state index is 0. The molecule has 2 unspecified atom stereocenters. The van der Waals surface area contributed by atoms with Crippen LogP contribution < -0.4 is 0 Å². The summed E-state index contributed by atoms with van der Waals surface area (Å²) in [5.74, 6) is 2.95. The van der Waals surface area contributed by atoms with Crippen LogP contribution in [-0.4, -0.2) is 129 Å². The van der Waals surface area contributed by atoms with Gasteiger partial charge in [0.05, 0.1) is 0 Å². The van der Waals surface area contributed by atoms with Crippen molar-refractivity contribution in [3.63, 3.8) is 0 Å². The first-order chi connectivity index (χ1) is 19.8. The van der Waals surface area contributed by atoms with Gasteiger partial charge in [0, 0.05) is 56.4 Å². The number of likely N-dealkylation sites (N-methyl/N-ethyl adjacent to an activating group) is 3. The second-order valence-corrected chi connectivity index (χ2v) is 15.2. The van der Waals surface area contributed by atoms with Crippen molar-refractivity contribution in [3.8, 4) is 0 Å². The standard InChI is InChI=1S/2C12H26N3.C11H24N3.3Co/c1-8-11(14-12(3,4)5)13-10(2)9-15(6)7;1-8-11(14-12(3,4)5)13-9-10(2)15(6)7;1-7-10(13-11(2,3)4)12-8-9-14(5)6;;;/h2*10H,8-9H2,1-7H3;7-9H2,1-6H3;;;/q3*-1;;;. The van der Waals surface area contributed by atoms with E-state index < -0.39 is 0 Å². The molecule has 0 aromatic rings. The molecule has 0 aromatic carbocycles. The summed E-state index contributed by atoms with van der Waals surface area (Å²) in [5.41, 5.74) is -0.0458. The van der Waals surface area contributed by atoms with Crippen molar-refractivity contribution in [1.29, 1.82) is 0 Å². The molecule has 3 radical (unpaired) electrons. The van der Waals surface area contributed by atoms with Gasteiger partial charge in [-0.25, -0.2) is 0 Å². The maximum absolute atomic E-state index is 4.63. The van der Waals surface area contributed by atoms with E-state index in [2.05, 4.69) is 185 Å². The molecule has 291 valence electrons. The summed E-state index contributed by atoms with van der Waals surface area (Å²) in [4.78, 5) is 20.2. The fraction of sp³-hybridized carbons (Fsp3) is 0.914. The minimum Gasteiger partial charge on any atom is -0.468 e. The van der Waals surface area contributed by atoms with Crippen LogP contribution in [0.4, 0.5) is 0 Å². The molecule has 9 nitrogen and oxygen atoms in total. The normalized spacial score (nSPS) is 14.0. The van der Waals surface area contributed by atoms with E-state index in [1.165, 1.54) is 0 Å². The van der Waals surface area contributed by atoms with Crippen molar-refractivity contribution in [3.05, 3.63) is 16.0 Å². The molecule has 12 heteroatoms. The van der Waals surface area contributed by atoms with Crippen LogP contribution in [0.15, 0.2) is 15.0 Å². The van der Waals surface area contributed by atoms with Crippen molar-refractivity contribution in [2.45, 2.75) is 145 Å². The third kappa shape index (κ3) is 45.8. The monoisotopic (exact) mass is 799 g/mol. The third-order valence-corrected chi connectivity index (χ3v) is 5.60. The molecule has 0 saturated heterocycles. The Hall–Kier alpha value is -0.191. The molecule has 0 aliphatic heterocycles. The number of hydrogen-bond donors (Lipinski definition) is 0. The van der Waals surface area contributed by atoms with Gasteiger partial charge < -0.3 is 45.6 Å². The first kappa shape index (κ1) is 59.0. The first-order valence-electron chi connectivity index (χ1n) is 16.6. The summed E-state index contributed by atoms with van der Waals surface area (Å²) in [5, 5.41) is 13.7. The zero-order valence-electron chi connectivity index (χ0n) is 34.1. The molecular formula is C35H76Co3N9-3. The fourth-order valence-electron chi connectivity index (χ4n) is 3.42. The smallest absolute Gasteiger partial charge is 0.00539 e. The summed E-state index contributed by atoms with van der Waals surface area (Å²) in [6.07, 6.45) is 2.75. The van der Waals surface area contributed by atoms with Gasteiger partial charge in [-0.3, -0.25) is 0 Å². The molecule has 0 rings (SSSR count). The van der Waals surface area contributed by atoms with Crippen molar-refractivity contribution in [1.82, 2.24) is 14.7 Å². The summed E-state index contributed by atoms with van der Waals surface area (Å²) in [6.45, 7) is 33.2. The third-order valence-electron chi connectivity index (χ3n) is 5.60. The zero-order chi connectivity index (χ0) is 35.3. The Labute approximate surface area is 325 Å². The summed E-state index contributed by atoms with van der Waals surface area (Å²) < 4.78 is 0. The van der Waals surface area contributed by atoms with Gasteiger partial charge in [0.25, 0.3) is 0 Å². The molecule has 0 amide bonds. The van der Waals surface area contributed by atoms with Gasteiger partial charge in [0.15, 0.2) is 0 Å². The second kappa shape index (κ2) is 30.6. The molecule has 0 spiro atoms. The van der Waals surface area contributed by atoms with E-state index in [1.807, 2.05) is 0 Å². The van der Waals surface area contributed by atoms with E-state index in [9.17, 15) is 0 Å². The molecule has 0 aliphatic rings. The molecule has 47 heavy (non-hydrogen) atoms. The predicted octanol–water partition coefficient (Wildman–Crippen LogP) is 8.36. The van der Waals surface area contributed by atoms with Crippen LogP contribution in [0.3, 0.4) is 0 Å². The van der Waals surface area contributed by atoms with E-state index in [1.54, 1.807) is 0 Å². The van der Waals surface area contributed by atoms with Gasteiger partial charge in [-0.05, 0) is 117 Å². The Balaban J connectivity index is -0.000000130. The first-order valence-corrected chi connectivity index (χ1v) is 16.6. The number of nitrogens with zero attached hydrogens (tertiary/aromatic N) is 9. The molecular weight excluding hydrogens is 723 g/mol. The Morgan fingerprint density at radius 1 is 0.574 bits per heavy atom. The Kier molecular flexibility index (Phi) is 38.4. The summed E-state index contributed by atoms with van der Waals surface area (Å²) >= 11 is 0. The molecule has 0 fully saturated rings. The number of amidine groups is 3. The maximum Gasteiger partial charge on any atom is 0.00539 e. The fourth-order valence-corrected chi connectivity index (χ4v) is 3.42. The number of aliphatic imine (C=N–C) groups is 3. The predicted molar refractivity (Wildman–Crippen MR) is 202 cm³/mol. The van der Waals surface area contributed by atoms with Crippen molar-refractivity contribution < 1.29 is 50.3 Å². The second-order valence-electron chi connectivity index (χ2n) is 15.2. The molecule has 0 saturated carbocycles. The van der Waals surface area contributed by atoms with Crippen LogP contribution in [0.1, 0.15) is 116 Å². The van der Waals surface area contributed by atoms with Crippen LogP contribution in [0, 0.1) is 0 Å². The van der Waals surface area contributed by atoms with E-state index in [-0.39, 0.29) is 67.0 Å². The Morgan fingerprint density at radius 2 is 0.936 bits per heavy atom. The maximum atomic E-state index is 4.63. The quantitative estimate of drug-likeness (QED) is 0.147. The van der Waals surface area contributed by atoms with E-state index >= 15 is 0 Å². The number of hydrogen-bond acceptors (Lipinski definition) is 6. The average molecular weight is 800 g/mol. The molecule has 2 atom stereocenters. The zero-order valence-corrected chi connectivity index (χ0v) is 37.3. The van der Waals surface area contributed by atoms with Gasteiger partial charge in [0.1, 0.15) is 0 Å². The van der Waals surface area contributed by atoms with Crippen molar-refractivity contribution in [2.75, 3.05) is 68.5 Å². The topological polar surface area (TPSA) is 89.1 Å². The van der Waals surface area contributed by atoms with E-state index in [4.69, 9.17) is 0 Å². The van der Waals surface area contributed by atoms with Gasteiger partial charge in [0.2, 0.25) is 0 Å². The van der Waals surface area contributed by atoms with Gasteiger partial charge >= 0.3 is 0 Å². The van der Waals surface area contributed by atoms with Crippen LogP contribution in [0.25, 0.3) is 16.0 Å². The summed E-state index contributed by atoms with van der Waals surface area (Å²) in [7, 11) is 12.4. The van der Waals surface area contributed by atoms with Crippen LogP contribution >= 0.6 is 0 Å². The van der Waals surface area contributed by atoms with Gasteiger partial charge in [-0.1, -0.05) is 108 Å². The minimum atomic E-state index is -0.0212. The molecule has 0 aliphatic carbocycles. The summed E-state index contributed by atoms with van der Waals surface area (Å²) in [6, 6.07) is 0.794. The Bertz CT molecular complexity index is 809. The van der Waals surface area contributed by atoms with E-state index in [0.717, 1.165) is 62.9 Å². The van der Waals surface area contributed by atoms with Gasteiger partial charge in [-0.15, -0.1) is 0 Å². The largest absolute Gasteiger partial charge is 0.468 e. The van der Waals surface area contributed by atoms with Gasteiger partial charge in [-0.2, -0.15) is 0 Å². The van der Waals surface area contributed by atoms with Crippen LogP contribution in [-0.2, 0) is 50.3 Å². The average Bonchev–Trinajstić information content (AvgIpc) is 2.82. The molecule has 0 N–H and O–H groups in total.